The predicted molar refractivity (Wildman–Crippen MR) is 65.2 cm³/mol. The van der Waals surface area contributed by atoms with Crippen molar-refractivity contribution in [3.8, 4) is 0 Å². The van der Waals surface area contributed by atoms with Gasteiger partial charge in [-0.15, -0.1) is 0 Å². The topological polar surface area (TPSA) is 24.9 Å². The Morgan fingerprint density at radius 2 is 2.31 bits per heavy atom. The first kappa shape index (κ1) is 10.3. The fourth-order valence-corrected chi connectivity index (χ4v) is 3.80. The third kappa shape index (κ3) is 1.32. The average molecular weight is 216 g/mol. The summed E-state index contributed by atoms with van der Waals surface area (Å²) in [5.41, 5.74) is 2.71. The van der Waals surface area contributed by atoms with Crippen LogP contribution >= 0.6 is 0 Å². The molecule has 2 nitrogen and oxygen atoms in total. The first-order chi connectivity index (χ1) is 7.72. The summed E-state index contributed by atoms with van der Waals surface area (Å²) in [5, 5.41) is 3.73. The molecule has 3 rings (SSSR count). The molecule has 1 aliphatic heterocycles. The van der Waals surface area contributed by atoms with E-state index in [1.165, 1.54) is 37.1 Å². The second-order valence-corrected chi connectivity index (χ2v) is 5.55. The minimum atomic E-state index is 0.118. The van der Waals surface area contributed by atoms with E-state index in [4.69, 9.17) is 0 Å². The molecule has 0 bridgehead atoms. The minimum absolute atomic E-state index is 0.118. The zero-order valence-electron chi connectivity index (χ0n) is 10.2. The molecular formula is C14H20N2. The van der Waals surface area contributed by atoms with E-state index in [1.807, 2.05) is 12.3 Å². The Kier molecular flexibility index (Phi) is 2.28. The standard InChI is InChI=1S/C14H20N2/c1-10-5-4-8-15-13(10)14(2)12-7-3-6-11(12)9-16-14/h4-5,8,11-12,16H,3,6-7,9H2,1-2H3. The van der Waals surface area contributed by atoms with Gasteiger partial charge in [-0.3, -0.25) is 4.98 Å². The Hall–Kier alpha value is -0.890. The second-order valence-electron chi connectivity index (χ2n) is 5.55. The normalized spacial score (nSPS) is 37.6. The van der Waals surface area contributed by atoms with Gasteiger partial charge < -0.3 is 5.32 Å². The molecule has 2 fully saturated rings. The van der Waals surface area contributed by atoms with Crippen LogP contribution in [0.5, 0.6) is 0 Å². The summed E-state index contributed by atoms with van der Waals surface area (Å²) >= 11 is 0. The molecule has 86 valence electrons. The van der Waals surface area contributed by atoms with E-state index in [2.05, 4.69) is 30.2 Å². The van der Waals surface area contributed by atoms with Crippen molar-refractivity contribution in [2.24, 2.45) is 11.8 Å². The molecule has 2 heteroatoms. The summed E-state index contributed by atoms with van der Waals surface area (Å²) in [6.45, 7) is 5.70. The highest BCUT2D eigenvalue weighted by atomic mass is 15.1. The van der Waals surface area contributed by atoms with Crippen LogP contribution in [0.3, 0.4) is 0 Å². The summed E-state index contributed by atoms with van der Waals surface area (Å²) in [6, 6.07) is 4.21. The Labute approximate surface area is 97.5 Å². The van der Waals surface area contributed by atoms with Crippen molar-refractivity contribution in [1.29, 1.82) is 0 Å². The quantitative estimate of drug-likeness (QED) is 0.780. The van der Waals surface area contributed by atoms with E-state index in [0.717, 1.165) is 11.8 Å². The monoisotopic (exact) mass is 216 g/mol. The van der Waals surface area contributed by atoms with E-state index < -0.39 is 0 Å². The molecule has 1 N–H and O–H groups in total. The third-order valence-corrected chi connectivity index (χ3v) is 4.63. The zero-order valence-corrected chi connectivity index (χ0v) is 10.2. The van der Waals surface area contributed by atoms with E-state index in [1.54, 1.807) is 0 Å². The fourth-order valence-electron chi connectivity index (χ4n) is 3.80. The van der Waals surface area contributed by atoms with E-state index in [0.29, 0.717) is 0 Å². The molecule has 2 aliphatic rings. The number of aryl methyl sites for hydroxylation is 1. The van der Waals surface area contributed by atoms with Crippen LogP contribution in [0.4, 0.5) is 0 Å². The second kappa shape index (κ2) is 3.56. The van der Waals surface area contributed by atoms with Gasteiger partial charge in [0, 0.05) is 6.20 Å². The van der Waals surface area contributed by atoms with Crippen molar-refractivity contribution < 1.29 is 0 Å². The molecule has 0 aromatic carbocycles. The van der Waals surface area contributed by atoms with Crippen molar-refractivity contribution in [2.75, 3.05) is 6.54 Å². The van der Waals surface area contributed by atoms with Gasteiger partial charge in [-0.1, -0.05) is 12.5 Å². The Balaban J connectivity index is 2.02. The van der Waals surface area contributed by atoms with Gasteiger partial charge in [0.25, 0.3) is 0 Å². The number of rotatable bonds is 1. The van der Waals surface area contributed by atoms with Gasteiger partial charge in [0.2, 0.25) is 0 Å². The number of pyridine rings is 1. The lowest BCUT2D eigenvalue weighted by molar-refractivity contribution is 0.284. The number of hydrogen-bond donors (Lipinski definition) is 1. The van der Waals surface area contributed by atoms with Crippen LogP contribution < -0.4 is 5.32 Å². The molecule has 1 aromatic heterocycles. The van der Waals surface area contributed by atoms with E-state index in [9.17, 15) is 0 Å². The zero-order chi connectivity index (χ0) is 11.2. The fraction of sp³-hybridized carbons (Fsp3) is 0.643. The molecule has 0 amide bonds. The number of nitrogens with one attached hydrogen (secondary N) is 1. The summed E-state index contributed by atoms with van der Waals surface area (Å²) in [7, 11) is 0. The molecule has 3 atom stereocenters. The lowest BCUT2D eigenvalue weighted by atomic mass is 9.79. The Bertz CT molecular complexity index is 401. The van der Waals surface area contributed by atoms with Crippen LogP contribution in [0.15, 0.2) is 18.3 Å². The lowest BCUT2D eigenvalue weighted by Gasteiger charge is -2.32. The highest BCUT2D eigenvalue weighted by Crippen LogP contribution is 2.48. The molecule has 2 heterocycles. The van der Waals surface area contributed by atoms with Crippen LogP contribution in [-0.2, 0) is 5.54 Å². The van der Waals surface area contributed by atoms with Crippen molar-refractivity contribution in [2.45, 2.75) is 38.6 Å². The number of hydrogen-bond acceptors (Lipinski definition) is 2. The molecular weight excluding hydrogens is 196 g/mol. The Morgan fingerprint density at radius 3 is 3.12 bits per heavy atom. The van der Waals surface area contributed by atoms with Gasteiger partial charge in [0.05, 0.1) is 11.2 Å². The van der Waals surface area contributed by atoms with E-state index in [-0.39, 0.29) is 5.54 Å². The summed E-state index contributed by atoms with van der Waals surface area (Å²) in [6.07, 6.45) is 6.10. The average Bonchev–Trinajstić information content (AvgIpc) is 2.84. The number of nitrogens with zero attached hydrogens (tertiary/aromatic N) is 1. The highest BCUT2D eigenvalue weighted by molar-refractivity contribution is 5.28. The molecule has 3 unspecified atom stereocenters. The molecule has 1 aromatic rings. The van der Waals surface area contributed by atoms with Crippen molar-refractivity contribution in [3.63, 3.8) is 0 Å². The molecule has 1 saturated heterocycles. The van der Waals surface area contributed by atoms with Crippen LogP contribution in [0, 0.1) is 18.8 Å². The van der Waals surface area contributed by atoms with Crippen molar-refractivity contribution >= 4 is 0 Å². The summed E-state index contributed by atoms with van der Waals surface area (Å²) in [4.78, 5) is 4.63. The number of aromatic nitrogens is 1. The molecule has 16 heavy (non-hydrogen) atoms. The third-order valence-electron chi connectivity index (χ3n) is 4.63. The first-order valence-electron chi connectivity index (χ1n) is 6.39. The minimum Gasteiger partial charge on any atom is -0.306 e. The number of fused-ring (bicyclic) bond motifs is 1. The van der Waals surface area contributed by atoms with Gasteiger partial charge in [-0.2, -0.15) is 0 Å². The molecule has 0 radical (unpaired) electrons. The Morgan fingerprint density at radius 1 is 1.44 bits per heavy atom. The molecule has 1 saturated carbocycles. The summed E-state index contributed by atoms with van der Waals surface area (Å²) in [5.74, 6) is 1.67. The largest absolute Gasteiger partial charge is 0.306 e. The molecule has 1 aliphatic carbocycles. The lowest BCUT2D eigenvalue weighted by Crippen LogP contribution is -2.40. The highest BCUT2D eigenvalue weighted by Gasteiger charge is 2.49. The van der Waals surface area contributed by atoms with Gasteiger partial charge in [-0.25, -0.2) is 0 Å². The maximum Gasteiger partial charge on any atom is 0.0633 e. The van der Waals surface area contributed by atoms with Gasteiger partial charge >= 0.3 is 0 Å². The van der Waals surface area contributed by atoms with Crippen molar-refractivity contribution in [1.82, 2.24) is 10.3 Å². The van der Waals surface area contributed by atoms with Crippen LogP contribution in [0.1, 0.15) is 37.4 Å². The van der Waals surface area contributed by atoms with Crippen molar-refractivity contribution in [3.05, 3.63) is 29.6 Å². The van der Waals surface area contributed by atoms with Crippen LogP contribution in [0.25, 0.3) is 0 Å². The maximum atomic E-state index is 4.63. The van der Waals surface area contributed by atoms with E-state index >= 15 is 0 Å². The first-order valence-corrected chi connectivity index (χ1v) is 6.39. The van der Waals surface area contributed by atoms with Crippen LogP contribution in [-0.4, -0.2) is 11.5 Å². The maximum absolute atomic E-state index is 4.63. The SMILES string of the molecule is Cc1cccnc1C1(C)NCC2CCCC21. The van der Waals surface area contributed by atoms with Gasteiger partial charge in [-0.05, 0) is 56.7 Å². The predicted octanol–water partition coefficient (Wildman–Crippen LogP) is 2.62. The molecule has 0 spiro atoms. The van der Waals surface area contributed by atoms with Gasteiger partial charge in [0.1, 0.15) is 0 Å². The summed E-state index contributed by atoms with van der Waals surface area (Å²) < 4.78 is 0. The van der Waals surface area contributed by atoms with Crippen LogP contribution in [0.2, 0.25) is 0 Å². The smallest absolute Gasteiger partial charge is 0.0633 e. The van der Waals surface area contributed by atoms with Gasteiger partial charge in [0.15, 0.2) is 0 Å².